The molecule has 2 rings (SSSR count). The molecule has 0 fully saturated rings. The molecule has 0 bridgehead atoms. The number of carbonyl (C=O) groups is 3. The third-order valence-electron chi connectivity index (χ3n) is 4.91. The van der Waals surface area contributed by atoms with Crippen LogP contribution in [0.15, 0.2) is 47.4 Å². The van der Waals surface area contributed by atoms with Crippen LogP contribution in [0, 0.1) is 0 Å². The maximum absolute atomic E-state index is 12.8. The van der Waals surface area contributed by atoms with E-state index >= 15 is 0 Å². The van der Waals surface area contributed by atoms with E-state index in [-0.39, 0.29) is 22.6 Å². The molecule has 0 saturated carbocycles. The SMILES string of the molecule is CC(C)(C)OC(=O)c1cc(S(=O)(=O)NCc2ccc(C(=O)N[C@@H](CC(=O)O)C(O)CF)cc2)ccc1O. The molecule has 11 nitrogen and oxygen atoms in total. The van der Waals surface area contributed by atoms with Gasteiger partial charge in [-0.3, -0.25) is 9.59 Å². The first kappa shape index (κ1) is 29.7. The highest BCUT2D eigenvalue weighted by Gasteiger charge is 2.25. The number of halogens is 1. The van der Waals surface area contributed by atoms with Crippen molar-refractivity contribution in [3.05, 3.63) is 59.2 Å². The van der Waals surface area contributed by atoms with Crippen molar-refractivity contribution in [2.75, 3.05) is 6.67 Å². The molecule has 5 N–H and O–H groups in total. The van der Waals surface area contributed by atoms with Crippen molar-refractivity contribution in [2.45, 2.75) is 56.4 Å². The van der Waals surface area contributed by atoms with Crippen LogP contribution in [0.1, 0.15) is 53.5 Å². The Kier molecular flexibility index (Phi) is 9.73. The number of carboxylic acids is 1. The molecule has 37 heavy (non-hydrogen) atoms. The van der Waals surface area contributed by atoms with Crippen molar-refractivity contribution >= 4 is 27.9 Å². The minimum atomic E-state index is -4.11. The number of carbonyl (C=O) groups excluding carboxylic acids is 2. The standard InChI is InChI=1S/C24H29FN2O9S/c1-24(2,3)36-23(33)17-10-16(8-9-19(17)28)37(34,35)26-13-14-4-6-15(7-5-14)22(32)27-18(11-21(30)31)20(29)12-25/h4-10,18,20,26,28-29H,11-13H2,1-3H3,(H,27,32)(H,30,31)/t18-,20?/m0/s1. The minimum Gasteiger partial charge on any atom is -0.507 e. The molecule has 0 aliphatic carbocycles. The zero-order valence-corrected chi connectivity index (χ0v) is 21.2. The zero-order valence-electron chi connectivity index (χ0n) is 20.4. The fourth-order valence-electron chi connectivity index (χ4n) is 3.05. The smallest absolute Gasteiger partial charge is 0.342 e. The van der Waals surface area contributed by atoms with E-state index in [1.165, 1.54) is 24.3 Å². The molecule has 1 unspecified atom stereocenters. The molecule has 13 heteroatoms. The predicted molar refractivity (Wildman–Crippen MR) is 129 cm³/mol. The van der Waals surface area contributed by atoms with Gasteiger partial charge in [0.15, 0.2) is 0 Å². The van der Waals surface area contributed by atoms with Gasteiger partial charge in [-0.25, -0.2) is 22.3 Å². The fourth-order valence-corrected chi connectivity index (χ4v) is 4.09. The van der Waals surface area contributed by atoms with E-state index in [1.807, 2.05) is 0 Å². The second-order valence-corrected chi connectivity index (χ2v) is 10.9. The summed E-state index contributed by atoms with van der Waals surface area (Å²) in [5.74, 6) is -3.40. The van der Waals surface area contributed by atoms with Gasteiger partial charge < -0.3 is 25.4 Å². The fraction of sp³-hybridized carbons (Fsp3) is 0.375. The lowest BCUT2D eigenvalue weighted by molar-refractivity contribution is -0.138. The summed E-state index contributed by atoms with van der Waals surface area (Å²) in [5.41, 5.74) is -0.637. The first-order chi connectivity index (χ1) is 17.1. The Balaban J connectivity index is 2.10. The summed E-state index contributed by atoms with van der Waals surface area (Å²) in [6, 6.07) is 7.43. The summed E-state index contributed by atoms with van der Waals surface area (Å²) < 4.78 is 45.8. The molecule has 0 aliphatic heterocycles. The van der Waals surface area contributed by atoms with Gasteiger partial charge in [-0.15, -0.1) is 0 Å². The van der Waals surface area contributed by atoms with Crippen molar-refractivity contribution in [1.29, 1.82) is 0 Å². The number of hydrogen-bond donors (Lipinski definition) is 5. The van der Waals surface area contributed by atoms with Gasteiger partial charge in [0.05, 0.1) is 17.4 Å². The number of phenolic OH excluding ortho intramolecular Hbond substituents is 1. The lowest BCUT2D eigenvalue weighted by Crippen LogP contribution is -2.45. The predicted octanol–water partition coefficient (Wildman–Crippen LogP) is 1.73. The molecule has 2 aromatic rings. The Labute approximate surface area is 213 Å². The highest BCUT2D eigenvalue weighted by molar-refractivity contribution is 7.89. The number of sulfonamides is 1. The molecule has 0 aromatic heterocycles. The monoisotopic (exact) mass is 540 g/mol. The van der Waals surface area contributed by atoms with Crippen molar-refractivity contribution in [3.63, 3.8) is 0 Å². The average molecular weight is 541 g/mol. The number of rotatable bonds is 11. The van der Waals surface area contributed by atoms with Gasteiger partial charge in [0.1, 0.15) is 29.7 Å². The molecule has 2 atom stereocenters. The molecule has 0 radical (unpaired) electrons. The molecule has 2 aromatic carbocycles. The summed E-state index contributed by atoms with van der Waals surface area (Å²) in [6.07, 6.45) is -2.37. The summed E-state index contributed by atoms with van der Waals surface area (Å²) in [6.45, 7) is 3.45. The van der Waals surface area contributed by atoms with E-state index in [0.717, 1.165) is 18.2 Å². The molecule has 202 valence electrons. The summed E-state index contributed by atoms with van der Waals surface area (Å²) >= 11 is 0. The summed E-state index contributed by atoms with van der Waals surface area (Å²) in [4.78, 5) is 35.3. The lowest BCUT2D eigenvalue weighted by atomic mass is 10.1. The van der Waals surface area contributed by atoms with Gasteiger partial charge in [0.2, 0.25) is 10.0 Å². The molecule has 0 saturated heterocycles. The summed E-state index contributed by atoms with van der Waals surface area (Å²) in [7, 11) is -4.11. The van der Waals surface area contributed by atoms with Gasteiger partial charge in [0.25, 0.3) is 5.91 Å². The number of aliphatic carboxylic acids is 1. The number of aliphatic hydroxyl groups excluding tert-OH is 1. The van der Waals surface area contributed by atoms with E-state index in [1.54, 1.807) is 20.8 Å². The van der Waals surface area contributed by atoms with Crippen molar-refractivity contribution in [1.82, 2.24) is 10.0 Å². The maximum Gasteiger partial charge on any atom is 0.342 e. The van der Waals surface area contributed by atoms with Gasteiger partial charge in [-0.2, -0.15) is 0 Å². The Hall–Kier alpha value is -3.55. The number of phenols is 1. The van der Waals surface area contributed by atoms with Crippen LogP contribution in [0.5, 0.6) is 5.75 Å². The Morgan fingerprint density at radius 3 is 2.24 bits per heavy atom. The second-order valence-electron chi connectivity index (χ2n) is 9.10. The van der Waals surface area contributed by atoms with E-state index in [4.69, 9.17) is 9.84 Å². The number of alkyl halides is 1. The van der Waals surface area contributed by atoms with Crippen LogP contribution < -0.4 is 10.0 Å². The third-order valence-corrected chi connectivity index (χ3v) is 6.31. The lowest BCUT2D eigenvalue weighted by Gasteiger charge is -2.20. The Bertz CT molecular complexity index is 1240. The van der Waals surface area contributed by atoms with E-state index in [0.29, 0.717) is 5.56 Å². The number of aromatic hydroxyl groups is 1. The molecule has 1 amide bonds. The molecular formula is C24H29FN2O9S. The quantitative estimate of drug-likeness (QED) is 0.265. The van der Waals surface area contributed by atoms with Crippen LogP contribution in [-0.2, 0) is 26.1 Å². The van der Waals surface area contributed by atoms with Crippen LogP contribution in [0.4, 0.5) is 4.39 Å². The van der Waals surface area contributed by atoms with Gasteiger partial charge >= 0.3 is 11.9 Å². The van der Waals surface area contributed by atoms with E-state index in [2.05, 4.69) is 10.0 Å². The number of aliphatic hydroxyl groups is 1. The van der Waals surface area contributed by atoms with Crippen LogP contribution in [0.2, 0.25) is 0 Å². The number of ether oxygens (including phenoxy) is 1. The van der Waals surface area contributed by atoms with Crippen molar-refractivity contribution < 1.29 is 47.2 Å². The zero-order chi connectivity index (χ0) is 28.0. The summed E-state index contributed by atoms with van der Waals surface area (Å²) in [5, 5.41) is 30.7. The third kappa shape index (κ3) is 8.81. The first-order valence-corrected chi connectivity index (χ1v) is 12.5. The molecule has 0 spiro atoms. The highest BCUT2D eigenvalue weighted by atomic mass is 32.2. The number of esters is 1. The molecule has 0 heterocycles. The Morgan fingerprint density at radius 2 is 1.70 bits per heavy atom. The van der Waals surface area contributed by atoms with E-state index in [9.17, 15) is 37.4 Å². The van der Waals surface area contributed by atoms with Crippen molar-refractivity contribution in [3.8, 4) is 5.75 Å². The molecular weight excluding hydrogens is 511 g/mol. The first-order valence-electron chi connectivity index (χ1n) is 11.0. The van der Waals surface area contributed by atoms with Crippen LogP contribution in [0.25, 0.3) is 0 Å². The van der Waals surface area contributed by atoms with E-state index < -0.39 is 64.5 Å². The number of benzene rings is 2. The van der Waals surface area contributed by atoms with Gasteiger partial charge in [0, 0.05) is 12.1 Å². The topological polar surface area (TPSA) is 179 Å². The second kappa shape index (κ2) is 12.1. The molecule has 0 aliphatic rings. The number of hydrogen-bond acceptors (Lipinski definition) is 8. The normalized spacial score (nSPS) is 13.4. The van der Waals surface area contributed by atoms with Crippen LogP contribution in [0.3, 0.4) is 0 Å². The number of carboxylic acid groups (broad SMARTS) is 1. The minimum absolute atomic E-state index is 0.0774. The van der Waals surface area contributed by atoms with Crippen LogP contribution >= 0.6 is 0 Å². The maximum atomic E-state index is 12.8. The van der Waals surface area contributed by atoms with Gasteiger partial charge in [-0.1, -0.05) is 12.1 Å². The largest absolute Gasteiger partial charge is 0.507 e. The van der Waals surface area contributed by atoms with Crippen molar-refractivity contribution in [2.24, 2.45) is 0 Å². The highest BCUT2D eigenvalue weighted by Crippen LogP contribution is 2.24. The van der Waals surface area contributed by atoms with Crippen LogP contribution in [-0.4, -0.2) is 66.0 Å². The number of nitrogens with one attached hydrogen (secondary N) is 2. The number of amides is 1. The van der Waals surface area contributed by atoms with Gasteiger partial charge in [-0.05, 0) is 56.7 Å². The Morgan fingerprint density at radius 1 is 1.08 bits per heavy atom. The average Bonchev–Trinajstić information content (AvgIpc) is 2.80.